The first-order valence-corrected chi connectivity index (χ1v) is 5.82. The van der Waals surface area contributed by atoms with Crippen LogP contribution in [0.5, 0.6) is 0 Å². The smallest absolute Gasteiger partial charge is 0.545 e. The minimum Gasteiger partial charge on any atom is -0.545 e. The number of hydrogen-bond donors (Lipinski definition) is 1. The number of carboxylic acids is 2. The van der Waals surface area contributed by atoms with E-state index in [1.54, 1.807) is 0 Å². The maximum absolute atomic E-state index is 11.7. The number of rotatable bonds is 7. The molecule has 0 saturated carbocycles. The van der Waals surface area contributed by atoms with Gasteiger partial charge in [-0.15, -0.1) is 0 Å². The molecule has 21 heavy (non-hydrogen) atoms. The molecule has 0 fully saturated rings. The van der Waals surface area contributed by atoms with E-state index in [-0.39, 0.29) is 65.7 Å². The van der Waals surface area contributed by atoms with E-state index in [9.17, 15) is 19.5 Å². The summed E-state index contributed by atoms with van der Waals surface area (Å²) in [5.74, 6) is -3.32. The Morgan fingerprint density at radius 1 is 1.19 bits per heavy atom. The van der Waals surface area contributed by atoms with Crippen molar-refractivity contribution in [3.63, 3.8) is 0 Å². The summed E-state index contributed by atoms with van der Waals surface area (Å²) < 4.78 is 4.89. The second-order valence-electron chi connectivity index (χ2n) is 3.98. The monoisotopic (exact) mass is 300 g/mol. The largest absolute Gasteiger partial charge is 1.00 e. The van der Waals surface area contributed by atoms with Gasteiger partial charge in [0.15, 0.2) is 0 Å². The van der Waals surface area contributed by atoms with Crippen molar-refractivity contribution < 1.29 is 58.9 Å². The molecule has 0 saturated heterocycles. The van der Waals surface area contributed by atoms with Gasteiger partial charge < -0.3 is 19.7 Å². The van der Waals surface area contributed by atoms with Gasteiger partial charge in [-0.05, 0) is 30.5 Å². The molecule has 0 atom stereocenters. The van der Waals surface area contributed by atoms with Gasteiger partial charge in [0.2, 0.25) is 0 Å². The molecular formula is C14H13NaO6. The van der Waals surface area contributed by atoms with Crippen molar-refractivity contribution in [1.82, 2.24) is 0 Å². The van der Waals surface area contributed by atoms with Crippen molar-refractivity contribution in [3.8, 4) is 0 Å². The van der Waals surface area contributed by atoms with Gasteiger partial charge in [0.05, 0.1) is 23.7 Å². The molecule has 0 bridgehead atoms. The number of aromatic carboxylic acids is 1. The third-order valence-electron chi connectivity index (χ3n) is 2.52. The van der Waals surface area contributed by atoms with Gasteiger partial charge in [0, 0.05) is 0 Å². The van der Waals surface area contributed by atoms with E-state index >= 15 is 0 Å². The number of ether oxygens (including phenoxy) is 1. The van der Waals surface area contributed by atoms with Crippen LogP contribution in [0, 0.1) is 0 Å². The van der Waals surface area contributed by atoms with Crippen LogP contribution in [0.4, 0.5) is 0 Å². The number of hydrogen-bond acceptors (Lipinski definition) is 5. The Balaban J connectivity index is 0.00000400. The Morgan fingerprint density at radius 3 is 2.29 bits per heavy atom. The summed E-state index contributed by atoms with van der Waals surface area (Å²) in [4.78, 5) is 33.0. The number of carbonyl (C=O) groups is 3. The molecule has 0 heterocycles. The van der Waals surface area contributed by atoms with Crippen LogP contribution in [0.15, 0.2) is 36.4 Å². The molecule has 0 aliphatic carbocycles. The maximum Gasteiger partial charge on any atom is 1.00 e. The van der Waals surface area contributed by atoms with Crippen molar-refractivity contribution >= 4 is 17.9 Å². The van der Waals surface area contributed by atoms with Gasteiger partial charge in [-0.2, -0.15) is 0 Å². The molecule has 0 aliphatic heterocycles. The number of carboxylic acid groups (broad SMARTS) is 2. The van der Waals surface area contributed by atoms with Gasteiger partial charge in [-0.3, -0.25) is 0 Å². The first kappa shape index (κ1) is 19.4. The summed E-state index contributed by atoms with van der Waals surface area (Å²) in [5, 5.41) is 19.3. The summed E-state index contributed by atoms with van der Waals surface area (Å²) in [5.41, 5.74) is -0.262. The van der Waals surface area contributed by atoms with E-state index in [1.165, 1.54) is 24.3 Å². The van der Waals surface area contributed by atoms with Gasteiger partial charge >= 0.3 is 41.5 Å². The zero-order valence-electron chi connectivity index (χ0n) is 11.6. The summed E-state index contributed by atoms with van der Waals surface area (Å²) in [6.45, 7) is 3.26. The van der Waals surface area contributed by atoms with Crippen LogP contribution in [-0.4, -0.2) is 29.6 Å². The van der Waals surface area contributed by atoms with Gasteiger partial charge in [-0.25, -0.2) is 9.59 Å². The molecule has 1 aromatic carbocycles. The molecule has 0 spiro atoms. The number of esters is 1. The molecule has 0 aliphatic rings. The molecular weight excluding hydrogens is 287 g/mol. The number of carbonyl (C=O) groups excluding carboxylic acids is 2. The van der Waals surface area contributed by atoms with Crippen LogP contribution >= 0.6 is 0 Å². The van der Waals surface area contributed by atoms with Crippen LogP contribution in [0.3, 0.4) is 0 Å². The summed E-state index contributed by atoms with van der Waals surface area (Å²) >= 11 is 0. The van der Waals surface area contributed by atoms with Crippen LogP contribution in [0.1, 0.15) is 33.6 Å². The molecule has 7 heteroatoms. The Bertz CT molecular complexity index is 552. The predicted molar refractivity (Wildman–Crippen MR) is 67.1 cm³/mol. The summed E-state index contributed by atoms with van der Waals surface area (Å²) in [6.07, 6.45) is 0.407. The van der Waals surface area contributed by atoms with Crippen LogP contribution in [-0.2, 0) is 9.53 Å². The zero-order chi connectivity index (χ0) is 15.1. The minimum absolute atomic E-state index is 0. The average Bonchev–Trinajstić information content (AvgIpc) is 2.42. The van der Waals surface area contributed by atoms with Crippen LogP contribution < -0.4 is 34.7 Å². The van der Waals surface area contributed by atoms with Crippen molar-refractivity contribution in [2.75, 3.05) is 6.61 Å². The predicted octanol–water partition coefficient (Wildman–Crippen LogP) is -2.37. The Morgan fingerprint density at radius 2 is 1.76 bits per heavy atom. The molecule has 0 amide bonds. The van der Waals surface area contributed by atoms with E-state index in [1.807, 2.05) is 0 Å². The minimum atomic E-state index is -1.34. The van der Waals surface area contributed by atoms with E-state index in [2.05, 4.69) is 6.58 Å². The fourth-order valence-corrected chi connectivity index (χ4v) is 1.48. The van der Waals surface area contributed by atoms with Crippen LogP contribution in [0.2, 0.25) is 0 Å². The molecule has 1 rings (SSSR count). The topological polar surface area (TPSA) is 104 Å². The Labute approximate surface area is 143 Å². The van der Waals surface area contributed by atoms with Gasteiger partial charge in [0.25, 0.3) is 0 Å². The number of benzene rings is 1. The van der Waals surface area contributed by atoms with Crippen molar-refractivity contribution in [3.05, 3.63) is 47.5 Å². The standard InChI is InChI=1S/C14H14O6.Na/c1-9(12(15)16)5-4-8-20-14(19)11-7-3-2-6-10(11)13(17)18;/h2-3,6-7H,1,4-5,8H2,(H,15,16)(H,17,18);/q;+1/p-1. The van der Waals surface area contributed by atoms with Crippen molar-refractivity contribution in [1.29, 1.82) is 0 Å². The van der Waals surface area contributed by atoms with Crippen molar-refractivity contribution in [2.45, 2.75) is 12.8 Å². The van der Waals surface area contributed by atoms with Crippen LogP contribution in [0.25, 0.3) is 0 Å². The van der Waals surface area contributed by atoms with E-state index in [4.69, 9.17) is 9.84 Å². The number of aliphatic carboxylic acids is 1. The van der Waals surface area contributed by atoms with Gasteiger partial charge in [-0.1, -0.05) is 18.7 Å². The fourth-order valence-electron chi connectivity index (χ4n) is 1.48. The zero-order valence-corrected chi connectivity index (χ0v) is 13.6. The van der Waals surface area contributed by atoms with E-state index in [0.29, 0.717) is 0 Å². The summed E-state index contributed by atoms with van der Waals surface area (Å²) in [6, 6.07) is 5.69. The SMILES string of the molecule is C=C(CCCOC(=O)c1ccccc1C(=O)O)C(=O)[O-].[Na+]. The normalized spacial score (nSPS) is 9.33. The Kier molecular flexibility index (Phi) is 8.61. The molecule has 106 valence electrons. The van der Waals surface area contributed by atoms with E-state index in [0.717, 1.165) is 0 Å². The van der Waals surface area contributed by atoms with E-state index < -0.39 is 17.9 Å². The summed E-state index contributed by atoms with van der Waals surface area (Å²) in [7, 11) is 0. The molecule has 0 unspecified atom stereocenters. The van der Waals surface area contributed by atoms with Crippen molar-refractivity contribution in [2.24, 2.45) is 0 Å². The fraction of sp³-hybridized carbons (Fsp3) is 0.214. The third-order valence-corrected chi connectivity index (χ3v) is 2.52. The first-order valence-electron chi connectivity index (χ1n) is 5.82. The molecule has 1 N–H and O–H groups in total. The molecule has 1 aromatic rings. The quantitative estimate of drug-likeness (QED) is 0.261. The molecule has 6 nitrogen and oxygen atoms in total. The third kappa shape index (κ3) is 6.12. The van der Waals surface area contributed by atoms with Gasteiger partial charge in [0.1, 0.15) is 0 Å². The second-order valence-corrected chi connectivity index (χ2v) is 3.98. The second kappa shape index (κ2) is 9.33. The molecule has 0 radical (unpaired) electrons. The first-order chi connectivity index (χ1) is 9.43. The molecule has 0 aromatic heterocycles. The Hall–Kier alpha value is -1.63. The average molecular weight is 300 g/mol. The maximum atomic E-state index is 11.7.